The van der Waals surface area contributed by atoms with Crippen molar-refractivity contribution >= 4 is 0 Å². The topological polar surface area (TPSA) is 62.4 Å². The van der Waals surface area contributed by atoms with E-state index in [0.29, 0.717) is 24.4 Å². The lowest BCUT2D eigenvalue weighted by atomic mass is 9.97. The molecule has 0 saturated carbocycles. The summed E-state index contributed by atoms with van der Waals surface area (Å²) in [6, 6.07) is 0.433. The Kier molecular flexibility index (Phi) is 4.93. The molecule has 5 heteroatoms. The summed E-state index contributed by atoms with van der Waals surface area (Å²) in [5.41, 5.74) is 0. The lowest BCUT2D eigenvalue weighted by molar-refractivity contribution is 0.0739. The summed E-state index contributed by atoms with van der Waals surface area (Å²) in [5, 5.41) is 13.6. The Morgan fingerprint density at radius 3 is 2.79 bits per heavy atom. The van der Waals surface area contributed by atoms with E-state index in [0.717, 1.165) is 25.2 Å². The van der Waals surface area contributed by atoms with Crippen molar-refractivity contribution in [3.05, 3.63) is 11.7 Å². The lowest BCUT2D eigenvalue weighted by Gasteiger charge is -2.35. The van der Waals surface area contributed by atoms with E-state index < -0.39 is 0 Å². The van der Waals surface area contributed by atoms with Crippen LogP contribution in [0.15, 0.2) is 4.52 Å². The minimum absolute atomic E-state index is 0.250. The Balaban J connectivity index is 1.98. The number of nitrogens with zero attached hydrogens (tertiary/aromatic N) is 3. The highest BCUT2D eigenvalue weighted by Crippen LogP contribution is 2.23. The zero-order chi connectivity index (χ0) is 13.8. The molecule has 2 atom stereocenters. The Bertz CT molecular complexity index is 390. The van der Waals surface area contributed by atoms with Crippen molar-refractivity contribution in [1.29, 1.82) is 0 Å². The van der Waals surface area contributed by atoms with Crippen molar-refractivity contribution in [2.45, 2.75) is 71.1 Å². The highest BCUT2D eigenvalue weighted by Gasteiger charge is 2.25. The number of aromatic nitrogens is 2. The van der Waals surface area contributed by atoms with Crippen molar-refractivity contribution in [2.75, 3.05) is 6.54 Å². The van der Waals surface area contributed by atoms with Crippen molar-refractivity contribution in [3.8, 4) is 0 Å². The largest absolute Gasteiger partial charge is 0.393 e. The average molecular weight is 267 g/mol. The van der Waals surface area contributed by atoms with Crippen LogP contribution in [0.2, 0.25) is 0 Å². The zero-order valence-electron chi connectivity index (χ0n) is 12.2. The van der Waals surface area contributed by atoms with Gasteiger partial charge in [0.2, 0.25) is 5.89 Å². The molecule has 1 aromatic rings. The van der Waals surface area contributed by atoms with Gasteiger partial charge in [-0.05, 0) is 32.7 Å². The van der Waals surface area contributed by atoms with Gasteiger partial charge in [-0.15, -0.1) is 0 Å². The van der Waals surface area contributed by atoms with Gasteiger partial charge in [-0.2, -0.15) is 4.98 Å². The van der Waals surface area contributed by atoms with Gasteiger partial charge in [0.1, 0.15) is 0 Å². The number of aliphatic hydroxyl groups excluding tert-OH is 1. The van der Waals surface area contributed by atoms with Crippen molar-refractivity contribution in [3.63, 3.8) is 0 Å². The number of piperidine rings is 1. The van der Waals surface area contributed by atoms with Gasteiger partial charge in [-0.1, -0.05) is 25.4 Å². The Morgan fingerprint density at radius 2 is 2.16 bits per heavy atom. The second-order valence-electron chi connectivity index (χ2n) is 5.91. The van der Waals surface area contributed by atoms with E-state index in [1.54, 1.807) is 0 Å². The zero-order valence-corrected chi connectivity index (χ0v) is 12.2. The molecule has 1 aliphatic heterocycles. The van der Waals surface area contributed by atoms with E-state index >= 15 is 0 Å². The standard InChI is InChI=1S/C14H25N3O2/c1-10(2)14-15-13(19-16-14)9-17-7-5-4-6-12(17)8-11(3)18/h10-12,18H,4-9H2,1-3H3. The van der Waals surface area contributed by atoms with E-state index in [1.807, 2.05) is 6.92 Å². The molecule has 0 aromatic carbocycles. The normalized spacial score (nSPS) is 22.9. The van der Waals surface area contributed by atoms with E-state index in [-0.39, 0.29) is 6.10 Å². The average Bonchev–Trinajstić information content (AvgIpc) is 2.80. The predicted octanol–water partition coefficient (Wildman–Crippen LogP) is 2.32. The monoisotopic (exact) mass is 267 g/mol. The summed E-state index contributed by atoms with van der Waals surface area (Å²) in [5.74, 6) is 1.77. The van der Waals surface area contributed by atoms with Gasteiger partial charge < -0.3 is 9.63 Å². The van der Waals surface area contributed by atoms with E-state index in [2.05, 4.69) is 28.9 Å². The fourth-order valence-electron chi connectivity index (χ4n) is 2.67. The summed E-state index contributed by atoms with van der Waals surface area (Å²) in [6.45, 7) is 7.74. The first-order valence-electron chi connectivity index (χ1n) is 7.31. The fraction of sp³-hybridized carbons (Fsp3) is 0.857. The SMILES string of the molecule is CC(O)CC1CCCCN1Cc1nc(C(C)C)no1. The summed E-state index contributed by atoms with van der Waals surface area (Å²) >= 11 is 0. The maximum atomic E-state index is 9.59. The maximum Gasteiger partial charge on any atom is 0.240 e. The molecule has 1 N–H and O–H groups in total. The molecule has 108 valence electrons. The molecule has 5 nitrogen and oxygen atoms in total. The first-order valence-corrected chi connectivity index (χ1v) is 7.31. The molecule has 2 unspecified atom stereocenters. The maximum absolute atomic E-state index is 9.59. The molecule has 2 rings (SSSR count). The van der Waals surface area contributed by atoms with Crippen LogP contribution in [0.1, 0.15) is 64.1 Å². The minimum Gasteiger partial charge on any atom is -0.393 e. The van der Waals surface area contributed by atoms with Gasteiger partial charge in [0.05, 0.1) is 12.6 Å². The third kappa shape index (κ3) is 4.01. The molecular weight excluding hydrogens is 242 g/mol. The van der Waals surface area contributed by atoms with Crippen LogP contribution in [0.4, 0.5) is 0 Å². The Labute approximate surface area is 115 Å². The summed E-state index contributed by atoms with van der Waals surface area (Å²) < 4.78 is 5.32. The van der Waals surface area contributed by atoms with Gasteiger partial charge >= 0.3 is 0 Å². The van der Waals surface area contributed by atoms with Crippen LogP contribution in [0.5, 0.6) is 0 Å². The van der Waals surface area contributed by atoms with Crippen molar-refractivity contribution < 1.29 is 9.63 Å². The van der Waals surface area contributed by atoms with Crippen LogP contribution < -0.4 is 0 Å². The fourth-order valence-corrected chi connectivity index (χ4v) is 2.67. The van der Waals surface area contributed by atoms with Gasteiger partial charge in [-0.3, -0.25) is 4.90 Å². The molecule has 19 heavy (non-hydrogen) atoms. The second kappa shape index (κ2) is 6.48. The molecule has 0 bridgehead atoms. The number of aliphatic hydroxyl groups is 1. The van der Waals surface area contributed by atoms with Crippen LogP contribution in [0.3, 0.4) is 0 Å². The molecule has 0 aliphatic carbocycles. The molecule has 1 saturated heterocycles. The van der Waals surface area contributed by atoms with Gasteiger partial charge in [0.15, 0.2) is 5.82 Å². The smallest absolute Gasteiger partial charge is 0.240 e. The lowest BCUT2D eigenvalue weighted by Crippen LogP contribution is -2.40. The number of hydrogen-bond donors (Lipinski definition) is 1. The Morgan fingerprint density at radius 1 is 1.37 bits per heavy atom. The molecular formula is C14H25N3O2. The Hall–Kier alpha value is -0.940. The number of hydrogen-bond acceptors (Lipinski definition) is 5. The predicted molar refractivity (Wildman–Crippen MR) is 72.7 cm³/mol. The summed E-state index contributed by atoms with van der Waals surface area (Å²) in [4.78, 5) is 6.80. The van der Waals surface area contributed by atoms with Crippen LogP contribution >= 0.6 is 0 Å². The highest BCUT2D eigenvalue weighted by molar-refractivity contribution is 4.92. The first-order chi connectivity index (χ1) is 9.06. The molecule has 2 heterocycles. The van der Waals surface area contributed by atoms with Crippen LogP contribution in [-0.2, 0) is 6.54 Å². The summed E-state index contributed by atoms with van der Waals surface area (Å²) in [6.07, 6.45) is 4.18. The quantitative estimate of drug-likeness (QED) is 0.887. The van der Waals surface area contributed by atoms with Crippen LogP contribution in [0.25, 0.3) is 0 Å². The van der Waals surface area contributed by atoms with Gasteiger partial charge in [0, 0.05) is 12.0 Å². The number of rotatable bonds is 5. The van der Waals surface area contributed by atoms with E-state index in [1.165, 1.54) is 12.8 Å². The molecule has 1 aromatic heterocycles. The van der Waals surface area contributed by atoms with Crippen molar-refractivity contribution in [2.24, 2.45) is 0 Å². The van der Waals surface area contributed by atoms with Crippen LogP contribution in [-0.4, -0.2) is 38.8 Å². The van der Waals surface area contributed by atoms with E-state index in [4.69, 9.17) is 4.52 Å². The molecule has 1 aliphatic rings. The van der Waals surface area contributed by atoms with E-state index in [9.17, 15) is 5.11 Å². The first kappa shape index (κ1) is 14.5. The van der Waals surface area contributed by atoms with Crippen LogP contribution in [0, 0.1) is 0 Å². The number of likely N-dealkylation sites (tertiary alicyclic amines) is 1. The van der Waals surface area contributed by atoms with Gasteiger partial charge in [0.25, 0.3) is 0 Å². The van der Waals surface area contributed by atoms with Gasteiger partial charge in [-0.25, -0.2) is 0 Å². The molecule has 1 fully saturated rings. The van der Waals surface area contributed by atoms with Crippen molar-refractivity contribution in [1.82, 2.24) is 15.0 Å². The third-order valence-electron chi connectivity index (χ3n) is 3.70. The third-order valence-corrected chi connectivity index (χ3v) is 3.70. The minimum atomic E-state index is -0.250. The molecule has 0 amide bonds. The molecule has 0 radical (unpaired) electrons. The second-order valence-corrected chi connectivity index (χ2v) is 5.91. The summed E-state index contributed by atoms with van der Waals surface area (Å²) in [7, 11) is 0. The highest BCUT2D eigenvalue weighted by atomic mass is 16.5. The molecule has 0 spiro atoms.